The van der Waals surface area contributed by atoms with E-state index in [0.717, 1.165) is 0 Å². The molecule has 0 saturated carbocycles. The Kier molecular flexibility index (Phi) is 4.94. The molecule has 1 atom stereocenters. The molecule has 0 aliphatic carbocycles. The molecule has 0 radical (unpaired) electrons. The van der Waals surface area contributed by atoms with Gasteiger partial charge in [-0.05, 0) is 19.8 Å². The third-order valence-corrected chi connectivity index (χ3v) is 2.86. The van der Waals surface area contributed by atoms with Gasteiger partial charge in [0, 0.05) is 20.1 Å². The molecule has 0 bridgehead atoms. The van der Waals surface area contributed by atoms with E-state index in [1.165, 1.54) is 16.8 Å². The number of hydrogen-bond donors (Lipinski definition) is 2. The van der Waals surface area contributed by atoms with Crippen molar-refractivity contribution >= 4 is 17.9 Å². The van der Waals surface area contributed by atoms with Crippen LogP contribution in [-0.4, -0.2) is 65.5 Å². The van der Waals surface area contributed by atoms with Crippen LogP contribution in [0.3, 0.4) is 0 Å². The Hall–Kier alpha value is -1.79. The first-order valence-electron chi connectivity index (χ1n) is 5.98. The molecule has 1 aliphatic heterocycles. The molecule has 102 valence electrons. The molecule has 0 spiro atoms. The van der Waals surface area contributed by atoms with E-state index in [1.54, 1.807) is 6.92 Å². The Morgan fingerprint density at radius 2 is 2.11 bits per heavy atom. The summed E-state index contributed by atoms with van der Waals surface area (Å²) in [4.78, 5) is 36.9. The van der Waals surface area contributed by atoms with Gasteiger partial charge < -0.3 is 20.2 Å². The highest BCUT2D eigenvalue weighted by Crippen LogP contribution is 2.18. The first kappa shape index (κ1) is 14.3. The molecule has 0 aromatic rings. The molecule has 0 aromatic carbocycles. The molecule has 0 unspecified atom stereocenters. The lowest BCUT2D eigenvalue weighted by Gasteiger charge is -2.27. The number of nitrogens with one attached hydrogen (secondary N) is 1. The van der Waals surface area contributed by atoms with E-state index >= 15 is 0 Å². The SMILES string of the molecule is CCNC(=O)CN(C)C(=O)N1CCC[C@@H]1C(=O)O. The summed E-state index contributed by atoms with van der Waals surface area (Å²) in [5.74, 6) is -1.24. The fourth-order valence-electron chi connectivity index (χ4n) is 2.01. The van der Waals surface area contributed by atoms with Crippen LogP contribution in [0.1, 0.15) is 19.8 Å². The van der Waals surface area contributed by atoms with Crippen LogP contribution in [0.2, 0.25) is 0 Å². The minimum atomic E-state index is -0.993. The number of hydrogen-bond acceptors (Lipinski definition) is 3. The second-order valence-corrected chi connectivity index (χ2v) is 4.28. The Bertz CT molecular complexity index is 345. The highest BCUT2D eigenvalue weighted by molar-refractivity contribution is 5.86. The van der Waals surface area contributed by atoms with Gasteiger partial charge in [-0.3, -0.25) is 4.79 Å². The first-order chi connectivity index (χ1) is 8.47. The molecule has 2 N–H and O–H groups in total. The van der Waals surface area contributed by atoms with E-state index < -0.39 is 18.0 Å². The topological polar surface area (TPSA) is 90.0 Å². The van der Waals surface area contributed by atoms with Gasteiger partial charge in [-0.1, -0.05) is 0 Å². The summed E-state index contributed by atoms with van der Waals surface area (Å²) in [5, 5.41) is 11.6. The van der Waals surface area contributed by atoms with E-state index in [2.05, 4.69) is 5.32 Å². The average Bonchev–Trinajstić information content (AvgIpc) is 2.76. The third kappa shape index (κ3) is 3.35. The summed E-state index contributed by atoms with van der Waals surface area (Å²) in [7, 11) is 1.49. The van der Waals surface area contributed by atoms with E-state index in [4.69, 9.17) is 5.11 Å². The monoisotopic (exact) mass is 257 g/mol. The molecular formula is C11H19N3O4. The van der Waals surface area contributed by atoms with Crippen molar-refractivity contribution in [2.24, 2.45) is 0 Å². The quantitative estimate of drug-likeness (QED) is 0.725. The second-order valence-electron chi connectivity index (χ2n) is 4.28. The smallest absolute Gasteiger partial charge is 0.326 e. The summed E-state index contributed by atoms with van der Waals surface area (Å²) in [6.07, 6.45) is 1.15. The zero-order valence-corrected chi connectivity index (χ0v) is 10.7. The molecule has 18 heavy (non-hydrogen) atoms. The number of carbonyl (C=O) groups excluding carboxylic acids is 2. The van der Waals surface area contributed by atoms with E-state index in [0.29, 0.717) is 25.9 Å². The minimum absolute atomic E-state index is 0.0600. The fraction of sp³-hybridized carbons (Fsp3) is 0.727. The van der Waals surface area contributed by atoms with E-state index in [1.807, 2.05) is 0 Å². The Morgan fingerprint density at radius 3 is 2.67 bits per heavy atom. The minimum Gasteiger partial charge on any atom is -0.480 e. The lowest BCUT2D eigenvalue weighted by atomic mass is 10.2. The summed E-state index contributed by atoms with van der Waals surface area (Å²) in [5.41, 5.74) is 0. The number of carboxylic acid groups (broad SMARTS) is 1. The van der Waals surface area contributed by atoms with Gasteiger partial charge in [0.1, 0.15) is 12.6 Å². The van der Waals surface area contributed by atoms with Crippen LogP contribution in [0, 0.1) is 0 Å². The molecule has 7 nitrogen and oxygen atoms in total. The van der Waals surface area contributed by atoms with Crippen LogP contribution in [-0.2, 0) is 9.59 Å². The maximum atomic E-state index is 12.0. The molecule has 1 heterocycles. The number of aliphatic carboxylic acids is 1. The van der Waals surface area contributed by atoms with Gasteiger partial charge in [-0.25, -0.2) is 9.59 Å². The predicted octanol–water partition coefficient (Wildman–Crippen LogP) is -0.277. The lowest BCUT2D eigenvalue weighted by Crippen LogP contribution is -2.49. The van der Waals surface area contributed by atoms with E-state index in [9.17, 15) is 14.4 Å². The predicted molar refractivity (Wildman–Crippen MR) is 64.1 cm³/mol. The lowest BCUT2D eigenvalue weighted by molar-refractivity contribution is -0.141. The number of likely N-dealkylation sites (N-methyl/N-ethyl adjacent to an activating group) is 2. The number of nitrogens with zero attached hydrogens (tertiary/aromatic N) is 2. The molecule has 3 amide bonds. The van der Waals surface area contributed by atoms with Gasteiger partial charge in [0.25, 0.3) is 0 Å². The van der Waals surface area contributed by atoms with Crippen LogP contribution in [0.15, 0.2) is 0 Å². The average molecular weight is 257 g/mol. The molecule has 1 saturated heterocycles. The molecule has 0 aromatic heterocycles. The molecule has 1 rings (SSSR count). The zero-order valence-electron chi connectivity index (χ0n) is 10.7. The van der Waals surface area contributed by atoms with Crippen molar-refractivity contribution in [2.45, 2.75) is 25.8 Å². The van der Waals surface area contributed by atoms with Crippen molar-refractivity contribution in [2.75, 3.05) is 26.7 Å². The number of amides is 3. The fourth-order valence-corrected chi connectivity index (χ4v) is 2.01. The Labute approximate surface area is 106 Å². The summed E-state index contributed by atoms with van der Waals surface area (Å²) < 4.78 is 0. The van der Waals surface area contributed by atoms with Gasteiger partial charge in [0.15, 0.2) is 0 Å². The maximum Gasteiger partial charge on any atom is 0.326 e. The Morgan fingerprint density at radius 1 is 1.44 bits per heavy atom. The molecule has 1 aliphatic rings. The van der Waals surface area contributed by atoms with Crippen LogP contribution < -0.4 is 5.32 Å². The highest BCUT2D eigenvalue weighted by atomic mass is 16.4. The van der Waals surface area contributed by atoms with Gasteiger partial charge in [0.2, 0.25) is 5.91 Å². The maximum absolute atomic E-state index is 12.0. The van der Waals surface area contributed by atoms with Crippen molar-refractivity contribution < 1.29 is 19.5 Å². The number of carboxylic acids is 1. The van der Waals surface area contributed by atoms with Gasteiger partial charge >= 0.3 is 12.0 Å². The first-order valence-corrected chi connectivity index (χ1v) is 5.98. The third-order valence-electron chi connectivity index (χ3n) is 2.86. The van der Waals surface area contributed by atoms with Crippen LogP contribution in [0.5, 0.6) is 0 Å². The number of likely N-dealkylation sites (tertiary alicyclic amines) is 1. The number of rotatable bonds is 4. The zero-order chi connectivity index (χ0) is 13.7. The highest BCUT2D eigenvalue weighted by Gasteiger charge is 2.35. The summed E-state index contributed by atoms with van der Waals surface area (Å²) in [6, 6.07) is -1.18. The largest absolute Gasteiger partial charge is 0.480 e. The van der Waals surface area contributed by atoms with Crippen molar-refractivity contribution in [3.63, 3.8) is 0 Å². The number of urea groups is 1. The summed E-state index contributed by atoms with van der Waals surface area (Å²) >= 11 is 0. The normalized spacial score (nSPS) is 18.6. The van der Waals surface area contributed by atoms with Crippen LogP contribution >= 0.6 is 0 Å². The van der Waals surface area contributed by atoms with Gasteiger partial charge in [0.05, 0.1) is 0 Å². The van der Waals surface area contributed by atoms with Gasteiger partial charge in [-0.15, -0.1) is 0 Å². The Balaban J connectivity index is 2.57. The molecular weight excluding hydrogens is 238 g/mol. The van der Waals surface area contributed by atoms with Crippen molar-refractivity contribution in [3.05, 3.63) is 0 Å². The van der Waals surface area contributed by atoms with Crippen molar-refractivity contribution in [3.8, 4) is 0 Å². The van der Waals surface area contributed by atoms with Crippen molar-refractivity contribution in [1.82, 2.24) is 15.1 Å². The summed E-state index contributed by atoms with van der Waals surface area (Å²) in [6.45, 7) is 2.66. The van der Waals surface area contributed by atoms with Crippen molar-refractivity contribution in [1.29, 1.82) is 0 Å². The van der Waals surface area contributed by atoms with Crippen LogP contribution in [0.4, 0.5) is 4.79 Å². The second kappa shape index (κ2) is 6.23. The van der Waals surface area contributed by atoms with E-state index in [-0.39, 0.29) is 12.5 Å². The number of carbonyl (C=O) groups is 3. The molecule has 1 fully saturated rings. The van der Waals surface area contributed by atoms with Crippen LogP contribution in [0.25, 0.3) is 0 Å². The standard InChI is InChI=1S/C11H19N3O4/c1-3-12-9(15)7-13(2)11(18)14-6-4-5-8(14)10(16)17/h8H,3-7H2,1-2H3,(H,12,15)(H,16,17)/t8-/m1/s1. The van der Waals surface area contributed by atoms with Gasteiger partial charge in [-0.2, -0.15) is 0 Å². The molecule has 7 heteroatoms.